The minimum atomic E-state index is -1.61. The molecular weight excluding hydrogens is 395 g/mol. The summed E-state index contributed by atoms with van der Waals surface area (Å²) in [5.41, 5.74) is 0.900. The summed E-state index contributed by atoms with van der Waals surface area (Å²) in [7, 11) is 0. The van der Waals surface area contributed by atoms with Gasteiger partial charge in [-0.2, -0.15) is 0 Å². The summed E-state index contributed by atoms with van der Waals surface area (Å²) in [5.74, 6) is -0.108. The number of rotatable bonds is 7. The summed E-state index contributed by atoms with van der Waals surface area (Å²) >= 11 is 20.9. The maximum absolute atomic E-state index is 12.0. The number of unbranched alkanes of at least 4 members (excludes halogenated alkanes) is 2. The first-order valence-corrected chi connectivity index (χ1v) is 10.1. The van der Waals surface area contributed by atoms with Crippen LogP contribution in [0.4, 0.5) is 0 Å². The van der Waals surface area contributed by atoms with Gasteiger partial charge in [0.15, 0.2) is 4.34 Å². The van der Waals surface area contributed by atoms with E-state index < -0.39 is 9.17 Å². The maximum atomic E-state index is 12.0. The highest BCUT2D eigenvalue weighted by Crippen LogP contribution is 2.41. The Balaban J connectivity index is 2.05. The van der Waals surface area contributed by atoms with Crippen LogP contribution in [0.15, 0.2) is 28.6 Å². The second kappa shape index (κ2) is 8.77. The van der Waals surface area contributed by atoms with Gasteiger partial charge in [-0.1, -0.05) is 78.5 Å². The van der Waals surface area contributed by atoms with Gasteiger partial charge < -0.3 is 5.32 Å². The number of amides is 1. The van der Waals surface area contributed by atoms with Crippen molar-refractivity contribution in [3.63, 3.8) is 0 Å². The molecule has 0 saturated carbocycles. The van der Waals surface area contributed by atoms with Crippen molar-refractivity contribution in [2.75, 3.05) is 0 Å². The Labute approximate surface area is 159 Å². The van der Waals surface area contributed by atoms with Crippen LogP contribution in [0.1, 0.15) is 32.6 Å². The lowest BCUT2D eigenvalue weighted by Crippen LogP contribution is -2.41. The van der Waals surface area contributed by atoms with E-state index in [0.717, 1.165) is 33.8 Å². The molecule has 126 valence electrons. The van der Waals surface area contributed by atoms with E-state index in [9.17, 15) is 4.79 Å². The second-order valence-electron chi connectivity index (χ2n) is 5.01. The fourth-order valence-electron chi connectivity index (χ4n) is 1.93. The van der Waals surface area contributed by atoms with E-state index in [1.54, 1.807) is 0 Å². The molecule has 3 nitrogen and oxygen atoms in total. The van der Waals surface area contributed by atoms with E-state index in [4.69, 9.17) is 34.8 Å². The first-order valence-electron chi connectivity index (χ1n) is 7.28. The minimum Gasteiger partial charge on any atom is -0.340 e. The number of fused-ring (bicyclic) bond motifs is 1. The van der Waals surface area contributed by atoms with Crippen LogP contribution in [0, 0.1) is 0 Å². The van der Waals surface area contributed by atoms with Gasteiger partial charge in [-0.25, -0.2) is 4.98 Å². The number of para-hydroxylation sites is 1. The molecular formula is C15H17Cl3N2OS2. The molecule has 0 aliphatic heterocycles. The van der Waals surface area contributed by atoms with Gasteiger partial charge in [0.1, 0.15) is 5.37 Å². The molecule has 0 fully saturated rings. The molecule has 0 spiro atoms. The van der Waals surface area contributed by atoms with Gasteiger partial charge in [-0.15, -0.1) is 11.3 Å². The molecule has 8 heteroatoms. The fraction of sp³-hybridized carbons (Fsp3) is 0.467. The second-order valence-corrected chi connectivity index (χ2v) is 9.76. The molecule has 1 atom stereocenters. The van der Waals surface area contributed by atoms with Crippen molar-refractivity contribution in [3.05, 3.63) is 24.3 Å². The third kappa shape index (κ3) is 5.98. The predicted octanol–water partition coefficient (Wildman–Crippen LogP) is 5.78. The van der Waals surface area contributed by atoms with E-state index in [-0.39, 0.29) is 5.91 Å². The van der Waals surface area contributed by atoms with Gasteiger partial charge in [-0.05, 0) is 18.6 Å². The summed E-state index contributed by atoms with van der Waals surface area (Å²) in [6, 6.07) is 7.81. The van der Waals surface area contributed by atoms with Crippen molar-refractivity contribution in [2.24, 2.45) is 0 Å². The van der Waals surface area contributed by atoms with Crippen LogP contribution in [0.5, 0.6) is 0 Å². The molecule has 0 aliphatic carbocycles. The minimum absolute atomic E-state index is 0.108. The average Bonchev–Trinajstić information content (AvgIpc) is 2.88. The summed E-state index contributed by atoms with van der Waals surface area (Å²) < 4.78 is 0.215. The highest BCUT2D eigenvalue weighted by molar-refractivity contribution is 8.02. The number of halogens is 3. The molecule has 2 aromatic rings. The third-order valence-electron chi connectivity index (χ3n) is 3.09. The number of nitrogens with zero attached hydrogens (tertiary/aromatic N) is 1. The maximum Gasteiger partial charge on any atom is 0.221 e. The van der Waals surface area contributed by atoms with E-state index >= 15 is 0 Å². The molecule has 1 aromatic heterocycles. The fourth-order valence-corrected chi connectivity index (χ4v) is 4.62. The molecule has 0 unspecified atom stereocenters. The van der Waals surface area contributed by atoms with Crippen molar-refractivity contribution in [3.8, 4) is 0 Å². The standard InChI is InChI=1S/C15H17Cl3N2OS2/c1-2-3-4-9-12(21)20-13(15(16,17)18)23-14-19-10-7-5-6-8-11(10)22-14/h5-8,13H,2-4,9H2,1H3,(H,20,21)/t13-/m0/s1. The quantitative estimate of drug-likeness (QED) is 0.272. The molecule has 23 heavy (non-hydrogen) atoms. The van der Waals surface area contributed by atoms with Crippen LogP contribution >= 0.6 is 57.9 Å². The third-order valence-corrected chi connectivity index (χ3v) is 6.50. The van der Waals surface area contributed by atoms with Gasteiger partial charge in [-0.3, -0.25) is 4.79 Å². The van der Waals surface area contributed by atoms with Crippen LogP contribution in [0.3, 0.4) is 0 Å². The van der Waals surface area contributed by atoms with Crippen LogP contribution < -0.4 is 5.32 Å². The van der Waals surface area contributed by atoms with Crippen molar-refractivity contribution >= 4 is 74.0 Å². The van der Waals surface area contributed by atoms with Crippen LogP contribution in [-0.4, -0.2) is 20.1 Å². The summed E-state index contributed by atoms with van der Waals surface area (Å²) in [4.78, 5) is 16.5. The highest BCUT2D eigenvalue weighted by Gasteiger charge is 2.35. The van der Waals surface area contributed by atoms with Crippen LogP contribution in [0.25, 0.3) is 10.2 Å². The van der Waals surface area contributed by atoms with Crippen molar-refractivity contribution in [2.45, 2.75) is 46.1 Å². The monoisotopic (exact) mass is 410 g/mol. The molecule has 0 bridgehead atoms. The molecule has 1 amide bonds. The number of hydrogen-bond donors (Lipinski definition) is 1. The molecule has 0 radical (unpaired) electrons. The van der Waals surface area contributed by atoms with Gasteiger partial charge in [0.25, 0.3) is 0 Å². The van der Waals surface area contributed by atoms with Gasteiger partial charge in [0.05, 0.1) is 10.2 Å². The predicted molar refractivity (Wildman–Crippen MR) is 102 cm³/mol. The number of nitrogens with one attached hydrogen (secondary N) is 1. The molecule has 0 aliphatic rings. The van der Waals surface area contributed by atoms with Crippen LogP contribution in [0.2, 0.25) is 0 Å². The Morgan fingerprint density at radius 1 is 1.35 bits per heavy atom. The first-order chi connectivity index (χ1) is 10.9. The number of carbonyl (C=O) groups excluding carboxylic acids is 1. The Morgan fingerprint density at radius 2 is 2.09 bits per heavy atom. The smallest absolute Gasteiger partial charge is 0.221 e. The van der Waals surface area contributed by atoms with Crippen LogP contribution in [-0.2, 0) is 4.79 Å². The molecule has 1 aromatic carbocycles. The zero-order valence-electron chi connectivity index (χ0n) is 12.5. The zero-order valence-corrected chi connectivity index (χ0v) is 16.4. The number of thiazole rings is 1. The van der Waals surface area contributed by atoms with Gasteiger partial charge in [0, 0.05) is 6.42 Å². The largest absolute Gasteiger partial charge is 0.340 e. The normalized spacial score (nSPS) is 13.2. The number of alkyl halides is 3. The van der Waals surface area contributed by atoms with Crippen molar-refractivity contribution in [1.82, 2.24) is 10.3 Å². The number of hydrogen-bond acceptors (Lipinski definition) is 4. The molecule has 1 N–H and O–H groups in total. The van der Waals surface area contributed by atoms with E-state index in [1.165, 1.54) is 23.1 Å². The Bertz CT molecular complexity index is 624. The lowest BCUT2D eigenvalue weighted by Gasteiger charge is -2.24. The van der Waals surface area contributed by atoms with Gasteiger partial charge >= 0.3 is 0 Å². The van der Waals surface area contributed by atoms with Crippen molar-refractivity contribution < 1.29 is 4.79 Å². The zero-order chi connectivity index (χ0) is 16.9. The average molecular weight is 412 g/mol. The number of aromatic nitrogens is 1. The summed E-state index contributed by atoms with van der Waals surface area (Å²) in [6.07, 6.45) is 3.34. The SMILES string of the molecule is CCCCCC(=O)N[C@@H](Sc1nc2ccccc2s1)C(Cl)(Cl)Cl. The number of carbonyl (C=O) groups is 1. The Kier molecular flexibility index (Phi) is 7.29. The number of thioether (sulfide) groups is 1. The van der Waals surface area contributed by atoms with Crippen molar-refractivity contribution in [1.29, 1.82) is 0 Å². The van der Waals surface area contributed by atoms with E-state index in [1.807, 2.05) is 24.3 Å². The Hall–Kier alpha value is -0.200. The first kappa shape index (κ1) is 19.1. The van der Waals surface area contributed by atoms with E-state index in [0.29, 0.717) is 6.42 Å². The molecule has 1 heterocycles. The highest BCUT2D eigenvalue weighted by atomic mass is 35.6. The summed E-state index contributed by atoms with van der Waals surface area (Å²) in [6.45, 7) is 2.09. The van der Waals surface area contributed by atoms with Gasteiger partial charge in [0.2, 0.25) is 9.70 Å². The molecule has 2 rings (SSSR count). The Morgan fingerprint density at radius 3 is 2.74 bits per heavy atom. The van der Waals surface area contributed by atoms with E-state index in [2.05, 4.69) is 17.2 Å². The lowest BCUT2D eigenvalue weighted by molar-refractivity contribution is -0.121. The topological polar surface area (TPSA) is 42.0 Å². The molecule has 0 saturated heterocycles. The number of benzene rings is 1. The summed E-state index contributed by atoms with van der Waals surface area (Å²) in [5, 5.41) is 2.13. The lowest BCUT2D eigenvalue weighted by atomic mass is 10.2.